The van der Waals surface area contributed by atoms with Crippen LogP contribution in [0.15, 0.2) is 24.3 Å². The average molecular weight is 267 g/mol. The van der Waals surface area contributed by atoms with Crippen molar-refractivity contribution in [2.75, 3.05) is 32.0 Å². The molecule has 0 radical (unpaired) electrons. The number of halogens is 1. The highest BCUT2D eigenvalue weighted by Crippen LogP contribution is 2.08. The molecule has 2 N–H and O–H groups in total. The number of carbonyl (C=O) groups excluding carboxylic acids is 1. The summed E-state index contributed by atoms with van der Waals surface area (Å²) in [7, 11) is 2.04. The summed E-state index contributed by atoms with van der Waals surface area (Å²) in [6.07, 6.45) is 0. The maximum atomic E-state index is 12.9. The number of nitrogens with one attached hydrogen (secondary N) is 2. The number of nitrogens with zero attached hydrogens (tertiary/aromatic N) is 1. The molecule has 0 saturated carbocycles. The molecular formula is C14H22FN3O. The molecule has 106 valence electrons. The van der Waals surface area contributed by atoms with Crippen LogP contribution in [0, 0.1) is 5.82 Å². The molecule has 0 aliphatic heterocycles. The summed E-state index contributed by atoms with van der Waals surface area (Å²) in [6, 6.07) is 6.35. The third-order valence-corrected chi connectivity index (χ3v) is 2.92. The van der Waals surface area contributed by atoms with Gasteiger partial charge in [-0.3, -0.25) is 4.79 Å². The van der Waals surface area contributed by atoms with Gasteiger partial charge in [0.2, 0.25) is 5.91 Å². The van der Waals surface area contributed by atoms with Gasteiger partial charge in [0.15, 0.2) is 0 Å². The fourth-order valence-corrected chi connectivity index (χ4v) is 1.49. The van der Waals surface area contributed by atoms with Gasteiger partial charge < -0.3 is 15.5 Å². The van der Waals surface area contributed by atoms with Gasteiger partial charge >= 0.3 is 0 Å². The number of carbonyl (C=O) groups is 1. The predicted molar refractivity (Wildman–Crippen MR) is 75.7 cm³/mol. The van der Waals surface area contributed by atoms with Crippen LogP contribution in [0.5, 0.6) is 0 Å². The second kappa shape index (κ2) is 7.86. The highest BCUT2D eigenvalue weighted by atomic mass is 19.1. The molecule has 0 aliphatic rings. The number of anilines is 1. The van der Waals surface area contributed by atoms with Crippen LogP contribution in [0.4, 0.5) is 10.1 Å². The Morgan fingerprint density at radius 1 is 1.42 bits per heavy atom. The Bertz CT molecular complexity index is 409. The topological polar surface area (TPSA) is 44.4 Å². The molecule has 1 aromatic carbocycles. The van der Waals surface area contributed by atoms with Crippen molar-refractivity contribution >= 4 is 11.6 Å². The van der Waals surface area contributed by atoms with Gasteiger partial charge in [-0.25, -0.2) is 4.39 Å². The lowest BCUT2D eigenvalue weighted by atomic mass is 10.3. The molecule has 4 nitrogen and oxygen atoms in total. The molecule has 0 aliphatic carbocycles. The molecule has 0 bridgehead atoms. The number of hydrogen-bond donors (Lipinski definition) is 2. The van der Waals surface area contributed by atoms with E-state index < -0.39 is 0 Å². The first-order valence-corrected chi connectivity index (χ1v) is 6.45. The molecule has 1 aromatic rings. The molecule has 5 heteroatoms. The standard InChI is InChI=1S/C14H22FN3O/c1-11(2)18(3)8-7-16-10-14(19)17-13-6-4-5-12(15)9-13/h4-6,9,11,16H,7-8,10H2,1-3H3,(H,17,19). The molecule has 0 aromatic heterocycles. The van der Waals surface area contributed by atoms with Gasteiger partial charge in [0.1, 0.15) is 5.82 Å². The van der Waals surface area contributed by atoms with E-state index in [4.69, 9.17) is 0 Å². The van der Waals surface area contributed by atoms with Gasteiger partial charge in [-0.2, -0.15) is 0 Å². The Kier molecular flexibility index (Phi) is 6.45. The lowest BCUT2D eigenvalue weighted by molar-refractivity contribution is -0.115. The first-order chi connectivity index (χ1) is 8.99. The second-order valence-electron chi connectivity index (χ2n) is 4.81. The van der Waals surface area contributed by atoms with Crippen molar-refractivity contribution in [1.82, 2.24) is 10.2 Å². The molecule has 0 unspecified atom stereocenters. The minimum Gasteiger partial charge on any atom is -0.325 e. The lowest BCUT2D eigenvalue weighted by Gasteiger charge is -2.20. The quantitative estimate of drug-likeness (QED) is 0.739. The average Bonchev–Trinajstić information content (AvgIpc) is 2.34. The van der Waals surface area contributed by atoms with Gasteiger partial charge in [0, 0.05) is 24.8 Å². The molecule has 0 fully saturated rings. The Hall–Kier alpha value is -1.46. The summed E-state index contributed by atoms with van der Waals surface area (Å²) in [6.45, 7) is 6.09. The SMILES string of the molecule is CC(C)N(C)CCNCC(=O)Nc1cccc(F)c1. The first kappa shape index (κ1) is 15.6. The van der Waals surface area contributed by atoms with Crippen LogP contribution in [-0.4, -0.2) is 43.5 Å². The molecule has 0 heterocycles. The maximum Gasteiger partial charge on any atom is 0.238 e. The highest BCUT2D eigenvalue weighted by Gasteiger charge is 2.04. The van der Waals surface area contributed by atoms with Gasteiger partial charge in [-0.15, -0.1) is 0 Å². The van der Waals surface area contributed by atoms with Gasteiger partial charge in [-0.1, -0.05) is 6.07 Å². The zero-order chi connectivity index (χ0) is 14.3. The number of benzene rings is 1. The highest BCUT2D eigenvalue weighted by molar-refractivity contribution is 5.92. The predicted octanol–water partition coefficient (Wildman–Crippen LogP) is 1.69. The van der Waals surface area contributed by atoms with Crippen molar-refractivity contribution in [2.24, 2.45) is 0 Å². The number of hydrogen-bond acceptors (Lipinski definition) is 3. The molecule has 0 spiro atoms. The van der Waals surface area contributed by atoms with Crippen molar-refractivity contribution < 1.29 is 9.18 Å². The molecule has 1 rings (SSSR count). The van der Waals surface area contributed by atoms with Crippen LogP contribution in [0.3, 0.4) is 0 Å². The van der Waals surface area contributed by atoms with Crippen LogP contribution < -0.4 is 10.6 Å². The van der Waals surface area contributed by atoms with E-state index in [1.54, 1.807) is 12.1 Å². The van der Waals surface area contributed by atoms with Crippen LogP contribution in [-0.2, 0) is 4.79 Å². The van der Waals surface area contributed by atoms with E-state index in [9.17, 15) is 9.18 Å². The molecule has 19 heavy (non-hydrogen) atoms. The van der Waals surface area contributed by atoms with Crippen molar-refractivity contribution in [1.29, 1.82) is 0 Å². The van der Waals surface area contributed by atoms with E-state index in [1.165, 1.54) is 12.1 Å². The zero-order valence-corrected chi connectivity index (χ0v) is 11.7. The van der Waals surface area contributed by atoms with Crippen LogP contribution >= 0.6 is 0 Å². The summed E-state index contributed by atoms with van der Waals surface area (Å²) in [5.41, 5.74) is 0.478. The molecular weight excluding hydrogens is 245 g/mol. The van der Waals surface area contributed by atoms with Crippen molar-refractivity contribution in [3.63, 3.8) is 0 Å². The van der Waals surface area contributed by atoms with E-state index in [1.807, 2.05) is 7.05 Å². The Balaban J connectivity index is 2.22. The summed E-state index contributed by atoms with van der Waals surface area (Å²) >= 11 is 0. The first-order valence-electron chi connectivity index (χ1n) is 6.45. The zero-order valence-electron chi connectivity index (χ0n) is 11.7. The fourth-order valence-electron chi connectivity index (χ4n) is 1.49. The number of rotatable bonds is 7. The minimum atomic E-state index is -0.357. The number of likely N-dealkylation sites (N-methyl/N-ethyl adjacent to an activating group) is 1. The number of amides is 1. The van der Waals surface area contributed by atoms with E-state index in [0.29, 0.717) is 11.7 Å². The van der Waals surface area contributed by atoms with Gasteiger partial charge in [0.05, 0.1) is 6.54 Å². The summed E-state index contributed by atoms with van der Waals surface area (Å²) in [4.78, 5) is 13.8. The van der Waals surface area contributed by atoms with Crippen LogP contribution in [0.2, 0.25) is 0 Å². The van der Waals surface area contributed by atoms with Crippen LogP contribution in [0.25, 0.3) is 0 Å². The van der Waals surface area contributed by atoms with Crippen molar-refractivity contribution in [3.05, 3.63) is 30.1 Å². The minimum absolute atomic E-state index is 0.169. The smallest absolute Gasteiger partial charge is 0.238 e. The largest absolute Gasteiger partial charge is 0.325 e. The second-order valence-corrected chi connectivity index (χ2v) is 4.81. The Labute approximate surface area is 114 Å². The van der Waals surface area contributed by atoms with E-state index in [0.717, 1.165) is 13.1 Å². The van der Waals surface area contributed by atoms with Crippen LogP contribution in [0.1, 0.15) is 13.8 Å². The molecule has 0 atom stereocenters. The normalized spacial score (nSPS) is 11.1. The van der Waals surface area contributed by atoms with Gasteiger partial charge in [0.25, 0.3) is 0 Å². The Morgan fingerprint density at radius 3 is 2.79 bits per heavy atom. The van der Waals surface area contributed by atoms with E-state index in [2.05, 4.69) is 29.4 Å². The fraction of sp³-hybridized carbons (Fsp3) is 0.500. The monoisotopic (exact) mass is 267 g/mol. The summed E-state index contributed by atoms with van der Waals surface area (Å²) < 4.78 is 12.9. The lowest BCUT2D eigenvalue weighted by Crippen LogP contribution is -2.36. The Morgan fingerprint density at radius 2 is 2.16 bits per heavy atom. The third kappa shape index (κ3) is 6.31. The van der Waals surface area contributed by atoms with Gasteiger partial charge in [-0.05, 0) is 39.1 Å². The van der Waals surface area contributed by atoms with E-state index >= 15 is 0 Å². The third-order valence-electron chi connectivity index (χ3n) is 2.92. The molecule has 0 saturated heterocycles. The van der Waals surface area contributed by atoms with Crippen molar-refractivity contribution in [3.8, 4) is 0 Å². The van der Waals surface area contributed by atoms with E-state index in [-0.39, 0.29) is 18.3 Å². The summed E-state index contributed by atoms with van der Waals surface area (Å²) in [5.74, 6) is -0.526. The van der Waals surface area contributed by atoms with Crippen molar-refractivity contribution in [2.45, 2.75) is 19.9 Å². The summed E-state index contributed by atoms with van der Waals surface area (Å²) in [5, 5.41) is 5.70. The molecule has 1 amide bonds. The maximum absolute atomic E-state index is 12.9.